The van der Waals surface area contributed by atoms with Crippen molar-refractivity contribution in [1.29, 1.82) is 0 Å². The van der Waals surface area contributed by atoms with Crippen LogP contribution < -0.4 is 0 Å². The molecule has 0 amide bonds. The van der Waals surface area contributed by atoms with E-state index in [4.69, 9.17) is 10.3 Å². The van der Waals surface area contributed by atoms with Gasteiger partial charge >= 0.3 is 0 Å². The lowest BCUT2D eigenvalue weighted by atomic mass is 10.3. The van der Waals surface area contributed by atoms with Gasteiger partial charge in [-0.15, -0.1) is 0 Å². The third kappa shape index (κ3) is 6.87. The van der Waals surface area contributed by atoms with E-state index in [0.717, 1.165) is 12.1 Å². The quantitative estimate of drug-likeness (QED) is 0.397. The zero-order valence-electron chi connectivity index (χ0n) is 7.94. The van der Waals surface area contributed by atoms with Crippen LogP contribution in [0.1, 0.15) is 20.3 Å². The second-order valence-corrected chi connectivity index (χ2v) is 2.52. The standard InChI is InChI=1S/C6H6O.C4H9NO/c7-6-4-2-1-3-5-6;1-3-4(2)5-6/h1-5,7H;6H,3H2,1-2H3. The van der Waals surface area contributed by atoms with Crippen molar-refractivity contribution in [3.05, 3.63) is 30.3 Å². The summed E-state index contributed by atoms with van der Waals surface area (Å²) in [5, 5.41) is 19.5. The summed E-state index contributed by atoms with van der Waals surface area (Å²) in [4.78, 5) is 0. The lowest BCUT2D eigenvalue weighted by Gasteiger charge is -1.82. The maximum absolute atomic E-state index is 8.63. The van der Waals surface area contributed by atoms with Gasteiger partial charge in [0.05, 0.1) is 5.71 Å². The van der Waals surface area contributed by atoms with Crippen molar-refractivity contribution in [3.8, 4) is 5.75 Å². The van der Waals surface area contributed by atoms with Gasteiger partial charge in [0.15, 0.2) is 0 Å². The molecular weight excluding hydrogens is 166 g/mol. The fourth-order valence-corrected chi connectivity index (χ4v) is 0.499. The molecule has 0 fully saturated rings. The van der Waals surface area contributed by atoms with Gasteiger partial charge in [0, 0.05) is 0 Å². The molecular formula is C10H15NO2. The second-order valence-electron chi connectivity index (χ2n) is 2.52. The molecule has 0 heterocycles. The average Bonchev–Trinajstić information content (AvgIpc) is 2.19. The molecule has 1 aromatic carbocycles. The molecule has 0 saturated carbocycles. The summed E-state index contributed by atoms with van der Waals surface area (Å²) in [6.45, 7) is 3.72. The summed E-state index contributed by atoms with van der Waals surface area (Å²) in [6, 6.07) is 8.71. The number of oxime groups is 1. The SMILES string of the molecule is CCC(C)=NO.Oc1ccccc1. The van der Waals surface area contributed by atoms with E-state index in [9.17, 15) is 0 Å². The molecule has 1 rings (SSSR count). The van der Waals surface area contributed by atoms with Crippen LogP contribution >= 0.6 is 0 Å². The number of para-hydroxylation sites is 1. The maximum Gasteiger partial charge on any atom is 0.115 e. The molecule has 0 radical (unpaired) electrons. The molecule has 0 unspecified atom stereocenters. The Morgan fingerprint density at radius 3 is 2.00 bits per heavy atom. The van der Waals surface area contributed by atoms with Crippen LogP contribution in [-0.4, -0.2) is 16.0 Å². The van der Waals surface area contributed by atoms with Gasteiger partial charge in [-0.2, -0.15) is 0 Å². The van der Waals surface area contributed by atoms with Gasteiger partial charge in [-0.25, -0.2) is 0 Å². The predicted molar refractivity (Wildman–Crippen MR) is 53.3 cm³/mol. The summed E-state index contributed by atoms with van der Waals surface area (Å²) >= 11 is 0. The zero-order chi connectivity index (χ0) is 10.1. The van der Waals surface area contributed by atoms with Crippen molar-refractivity contribution in [2.75, 3.05) is 0 Å². The molecule has 2 N–H and O–H groups in total. The Hall–Kier alpha value is -1.51. The molecule has 3 heteroatoms. The Bertz CT molecular complexity index is 244. The van der Waals surface area contributed by atoms with Crippen LogP contribution in [-0.2, 0) is 0 Å². The van der Waals surface area contributed by atoms with Crippen LogP contribution in [0.15, 0.2) is 35.5 Å². The minimum absolute atomic E-state index is 0.322. The van der Waals surface area contributed by atoms with Crippen molar-refractivity contribution in [1.82, 2.24) is 0 Å². The Kier molecular flexibility index (Phi) is 6.32. The molecule has 0 aliphatic carbocycles. The van der Waals surface area contributed by atoms with E-state index < -0.39 is 0 Å². The van der Waals surface area contributed by atoms with Gasteiger partial charge in [-0.3, -0.25) is 0 Å². The van der Waals surface area contributed by atoms with E-state index in [1.807, 2.05) is 13.0 Å². The highest BCUT2D eigenvalue weighted by Crippen LogP contribution is 2.02. The van der Waals surface area contributed by atoms with Crippen LogP contribution in [0.2, 0.25) is 0 Å². The fourth-order valence-electron chi connectivity index (χ4n) is 0.499. The molecule has 0 saturated heterocycles. The van der Waals surface area contributed by atoms with E-state index in [-0.39, 0.29) is 0 Å². The summed E-state index contributed by atoms with van der Waals surface area (Å²) < 4.78 is 0. The first-order valence-corrected chi connectivity index (χ1v) is 4.12. The highest BCUT2D eigenvalue weighted by atomic mass is 16.4. The molecule has 0 atom stereocenters. The number of aromatic hydroxyl groups is 1. The van der Waals surface area contributed by atoms with E-state index in [1.165, 1.54) is 0 Å². The van der Waals surface area contributed by atoms with E-state index >= 15 is 0 Å². The normalized spacial score (nSPS) is 10.2. The number of benzene rings is 1. The van der Waals surface area contributed by atoms with Crippen LogP contribution in [0, 0.1) is 0 Å². The van der Waals surface area contributed by atoms with Crippen LogP contribution in [0.25, 0.3) is 0 Å². The molecule has 0 aromatic heterocycles. The van der Waals surface area contributed by atoms with Crippen molar-refractivity contribution in [2.45, 2.75) is 20.3 Å². The molecule has 3 nitrogen and oxygen atoms in total. The molecule has 0 aliphatic heterocycles. The molecule has 0 bridgehead atoms. The molecule has 0 spiro atoms. The predicted octanol–water partition coefficient (Wildman–Crippen LogP) is 2.64. The zero-order valence-corrected chi connectivity index (χ0v) is 7.94. The third-order valence-electron chi connectivity index (χ3n) is 1.44. The van der Waals surface area contributed by atoms with Gasteiger partial charge in [-0.1, -0.05) is 30.3 Å². The summed E-state index contributed by atoms with van der Waals surface area (Å²) in [5.74, 6) is 0.322. The van der Waals surface area contributed by atoms with Crippen molar-refractivity contribution < 1.29 is 10.3 Å². The van der Waals surface area contributed by atoms with Gasteiger partial charge < -0.3 is 10.3 Å². The largest absolute Gasteiger partial charge is 0.508 e. The Balaban J connectivity index is 0.000000226. The number of rotatable bonds is 1. The van der Waals surface area contributed by atoms with Gasteiger partial charge in [-0.05, 0) is 25.5 Å². The van der Waals surface area contributed by atoms with Crippen LogP contribution in [0.4, 0.5) is 0 Å². The Labute approximate surface area is 78.3 Å². The Morgan fingerprint density at radius 2 is 1.85 bits per heavy atom. The second kappa shape index (κ2) is 7.16. The monoisotopic (exact) mass is 181 g/mol. The minimum Gasteiger partial charge on any atom is -0.508 e. The lowest BCUT2D eigenvalue weighted by molar-refractivity contribution is 0.317. The average molecular weight is 181 g/mol. The van der Waals surface area contributed by atoms with Crippen molar-refractivity contribution in [3.63, 3.8) is 0 Å². The van der Waals surface area contributed by atoms with E-state index in [1.54, 1.807) is 31.2 Å². The smallest absolute Gasteiger partial charge is 0.115 e. The third-order valence-corrected chi connectivity index (χ3v) is 1.44. The number of hydrogen-bond acceptors (Lipinski definition) is 3. The highest BCUT2D eigenvalue weighted by Gasteiger charge is 1.77. The van der Waals surface area contributed by atoms with E-state index in [2.05, 4.69) is 5.16 Å². The topological polar surface area (TPSA) is 52.8 Å². The first-order valence-electron chi connectivity index (χ1n) is 4.12. The fraction of sp³-hybridized carbons (Fsp3) is 0.300. The summed E-state index contributed by atoms with van der Waals surface area (Å²) in [5.41, 5.74) is 0.773. The highest BCUT2D eigenvalue weighted by molar-refractivity contribution is 5.80. The molecule has 1 aromatic rings. The molecule has 72 valence electrons. The lowest BCUT2D eigenvalue weighted by Crippen LogP contribution is -1.83. The number of nitrogens with zero attached hydrogens (tertiary/aromatic N) is 1. The van der Waals surface area contributed by atoms with Gasteiger partial charge in [0.25, 0.3) is 0 Å². The number of phenols is 1. The first-order chi connectivity index (χ1) is 6.20. The van der Waals surface area contributed by atoms with E-state index in [0.29, 0.717) is 5.75 Å². The Morgan fingerprint density at radius 1 is 1.31 bits per heavy atom. The summed E-state index contributed by atoms with van der Waals surface area (Å²) in [6.07, 6.45) is 0.830. The summed E-state index contributed by atoms with van der Waals surface area (Å²) in [7, 11) is 0. The maximum atomic E-state index is 8.63. The number of phenolic OH excluding ortho intramolecular Hbond substituents is 1. The van der Waals surface area contributed by atoms with Gasteiger partial charge in [0.1, 0.15) is 5.75 Å². The van der Waals surface area contributed by atoms with Gasteiger partial charge in [0.2, 0.25) is 0 Å². The molecule has 13 heavy (non-hydrogen) atoms. The minimum atomic E-state index is 0.322. The van der Waals surface area contributed by atoms with Crippen molar-refractivity contribution in [2.24, 2.45) is 5.16 Å². The van der Waals surface area contributed by atoms with Crippen molar-refractivity contribution >= 4 is 5.71 Å². The molecule has 0 aliphatic rings. The number of hydrogen-bond donors (Lipinski definition) is 2. The first kappa shape index (κ1) is 11.5. The van der Waals surface area contributed by atoms with Crippen LogP contribution in [0.3, 0.4) is 0 Å². The van der Waals surface area contributed by atoms with Crippen LogP contribution in [0.5, 0.6) is 5.75 Å².